The van der Waals surface area contributed by atoms with Crippen LogP contribution in [0.1, 0.15) is 34.1 Å². The molecule has 0 aliphatic carbocycles. The van der Waals surface area contributed by atoms with Crippen LogP contribution in [0.5, 0.6) is 0 Å². The van der Waals surface area contributed by atoms with Gasteiger partial charge in [0.1, 0.15) is 5.60 Å². The fourth-order valence-electron chi connectivity index (χ4n) is 1.03. The smallest absolute Gasteiger partial charge is 0.320 e. The molecule has 1 atom stereocenters. The number of carbonyl (C=O) groups excluding carboxylic acids is 1. The van der Waals surface area contributed by atoms with Gasteiger partial charge in [0, 0.05) is 19.8 Å². The Morgan fingerprint density at radius 1 is 1.40 bits per heavy atom. The van der Waals surface area contributed by atoms with Gasteiger partial charge in [-0.2, -0.15) is 0 Å². The van der Waals surface area contributed by atoms with Gasteiger partial charge in [0.15, 0.2) is 0 Å². The fourth-order valence-corrected chi connectivity index (χ4v) is 1.03. The molecule has 0 heterocycles. The van der Waals surface area contributed by atoms with Gasteiger partial charge in [-0.1, -0.05) is 0 Å². The lowest BCUT2D eigenvalue weighted by Crippen LogP contribution is -2.36. The Labute approximate surface area is 92.3 Å². The molecule has 0 bridgehead atoms. The van der Waals surface area contributed by atoms with Gasteiger partial charge in [-0.15, -0.1) is 0 Å². The highest BCUT2D eigenvalue weighted by Crippen LogP contribution is 2.06. The predicted molar refractivity (Wildman–Crippen MR) is 59.8 cm³/mol. The molecular formula is C11H23NO3. The minimum absolute atomic E-state index is 0.216. The first-order valence-electron chi connectivity index (χ1n) is 5.29. The molecule has 0 saturated heterocycles. The normalized spacial score (nSPS) is 13.7. The average molecular weight is 217 g/mol. The van der Waals surface area contributed by atoms with Gasteiger partial charge in [0.25, 0.3) is 0 Å². The first kappa shape index (κ1) is 14.4. The summed E-state index contributed by atoms with van der Waals surface area (Å²) in [5.74, 6) is -0.216. The highest BCUT2D eigenvalue weighted by atomic mass is 16.6. The van der Waals surface area contributed by atoms with Crippen molar-refractivity contribution >= 4 is 5.97 Å². The van der Waals surface area contributed by atoms with Crippen molar-refractivity contribution in [1.82, 2.24) is 5.32 Å². The third kappa shape index (κ3) is 9.69. The number of hydrogen-bond acceptors (Lipinski definition) is 4. The van der Waals surface area contributed by atoms with Gasteiger partial charge in [0.05, 0.1) is 6.54 Å². The number of esters is 1. The largest absolute Gasteiger partial charge is 0.459 e. The van der Waals surface area contributed by atoms with Gasteiger partial charge in [0.2, 0.25) is 0 Å². The summed E-state index contributed by atoms with van der Waals surface area (Å²) < 4.78 is 10.1. The second-order valence-electron chi connectivity index (χ2n) is 4.65. The molecule has 0 fully saturated rings. The van der Waals surface area contributed by atoms with E-state index in [4.69, 9.17) is 9.47 Å². The summed E-state index contributed by atoms with van der Waals surface area (Å²) in [5.41, 5.74) is -0.408. The third-order valence-electron chi connectivity index (χ3n) is 1.77. The summed E-state index contributed by atoms with van der Waals surface area (Å²) >= 11 is 0. The van der Waals surface area contributed by atoms with Gasteiger partial charge in [-0.3, -0.25) is 4.79 Å². The second-order valence-corrected chi connectivity index (χ2v) is 4.65. The summed E-state index contributed by atoms with van der Waals surface area (Å²) in [4.78, 5) is 11.3. The summed E-state index contributed by atoms with van der Waals surface area (Å²) in [5, 5.41) is 3.09. The molecule has 15 heavy (non-hydrogen) atoms. The van der Waals surface area contributed by atoms with Gasteiger partial charge in [-0.05, 0) is 34.1 Å². The minimum Gasteiger partial charge on any atom is -0.459 e. The van der Waals surface area contributed by atoms with E-state index in [0.717, 1.165) is 6.42 Å². The molecule has 0 radical (unpaired) electrons. The van der Waals surface area contributed by atoms with Crippen LogP contribution in [-0.2, 0) is 14.3 Å². The van der Waals surface area contributed by atoms with E-state index in [1.807, 2.05) is 27.7 Å². The highest BCUT2D eigenvalue weighted by molar-refractivity contribution is 5.72. The van der Waals surface area contributed by atoms with Crippen LogP contribution in [0.2, 0.25) is 0 Å². The van der Waals surface area contributed by atoms with Crippen molar-refractivity contribution in [2.75, 3.05) is 20.3 Å². The summed E-state index contributed by atoms with van der Waals surface area (Å²) in [6, 6.07) is 0.262. The van der Waals surface area contributed by atoms with Crippen LogP contribution >= 0.6 is 0 Å². The lowest BCUT2D eigenvalue weighted by molar-refractivity contribution is -0.153. The maximum Gasteiger partial charge on any atom is 0.320 e. The number of nitrogens with one attached hydrogen (secondary N) is 1. The molecule has 0 rings (SSSR count). The molecule has 90 valence electrons. The van der Waals surface area contributed by atoms with Crippen LogP contribution in [0.4, 0.5) is 0 Å². The first-order valence-corrected chi connectivity index (χ1v) is 5.29. The molecule has 1 unspecified atom stereocenters. The summed E-state index contributed by atoms with van der Waals surface area (Å²) in [6.07, 6.45) is 0.888. The molecule has 0 aromatic heterocycles. The zero-order chi connectivity index (χ0) is 11.9. The molecule has 0 amide bonds. The third-order valence-corrected chi connectivity index (χ3v) is 1.77. The highest BCUT2D eigenvalue weighted by Gasteiger charge is 2.16. The molecule has 1 N–H and O–H groups in total. The number of hydrogen-bond donors (Lipinski definition) is 1. The predicted octanol–water partition coefficient (Wildman–Crippen LogP) is 1.34. The SMILES string of the molecule is COCCC(C)NCC(=O)OC(C)(C)C. The van der Waals surface area contributed by atoms with Crippen molar-refractivity contribution in [2.24, 2.45) is 0 Å². The lowest BCUT2D eigenvalue weighted by Gasteiger charge is -2.20. The minimum atomic E-state index is -0.408. The molecule has 0 aliphatic rings. The summed E-state index contributed by atoms with van der Waals surface area (Å²) in [7, 11) is 1.67. The van der Waals surface area contributed by atoms with Crippen LogP contribution in [0, 0.1) is 0 Å². The van der Waals surface area contributed by atoms with Crippen molar-refractivity contribution in [3.05, 3.63) is 0 Å². The van der Waals surface area contributed by atoms with E-state index in [2.05, 4.69) is 5.32 Å². The van der Waals surface area contributed by atoms with Crippen molar-refractivity contribution in [3.8, 4) is 0 Å². The Morgan fingerprint density at radius 3 is 2.47 bits per heavy atom. The second kappa shape index (κ2) is 6.80. The van der Waals surface area contributed by atoms with E-state index in [1.165, 1.54) is 0 Å². The topological polar surface area (TPSA) is 47.6 Å². The van der Waals surface area contributed by atoms with Crippen LogP contribution < -0.4 is 5.32 Å². The Kier molecular flexibility index (Phi) is 6.52. The molecule has 0 aromatic carbocycles. The molecule has 4 heteroatoms. The Morgan fingerprint density at radius 2 is 2.00 bits per heavy atom. The number of ether oxygens (including phenoxy) is 2. The van der Waals surface area contributed by atoms with Crippen molar-refractivity contribution in [2.45, 2.75) is 45.8 Å². The van der Waals surface area contributed by atoms with E-state index in [-0.39, 0.29) is 18.6 Å². The maximum atomic E-state index is 11.3. The van der Waals surface area contributed by atoms with Crippen LogP contribution in [0.15, 0.2) is 0 Å². The Bertz CT molecular complexity index is 187. The monoisotopic (exact) mass is 217 g/mol. The molecule has 0 saturated carbocycles. The molecule has 0 aromatic rings. The first-order chi connectivity index (χ1) is 6.85. The van der Waals surface area contributed by atoms with E-state index in [9.17, 15) is 4.79 Å². The molecule has 0 aliphatic heterocycles. The van der Waals surface area contributed by atoms with Crippen molar-refractivity contribution in [1.29, 1.82) is 0 Å². The summed E-state index contributed by atoms with van der Waals surface area (Å²) in [6.45, 7) is 8.55. The number of carbonyl (C=O) groups is 1. The van der Waals surface area contributed by atoms with Crippen LogP contribution in [0.3, 0.4) is 0 Å². The van der Waals surface area contributed by atoms with Crippen molar-refractivity contribution < 1.29 is 14.3 Å². The number of methoxy groups -OCH3 is 1. The van der Waals surface area contributed by atoms with E-state index < -0.39 is 5.60 Å². The van der Waals surface area contributed by atoms with Crippen LogP contribution in [-0.4, -0.2) is 37.9 Å². The molecule has 4 nitrogen and oxygen atoms in total. The van der Waals surface area contributed by atoms with Crippen LogP contribution in [0.25, 0.3) is 0 Å². The molecule has 0 spiro atoms. The van der Waals surface area contributed by atoms with E-state index in [1.54, 1.807) is 7.11 Å². The quantitative estimate of drug-likeness (QED) is 0.682. The van der Waals surface area contributed by atoms with Gasteiger partial charge in [-0.25, -0.2) is 0 Å². The van der Waals surface area contributed by atoms with Gasteiger partial charge >= 0.3 is 5.97 Å². The Balaban J connectivity index is 3.62. The zero-order valence-corrected chi connectivity index (χ0v) is 10.4. The lowest BCUT2D eigenvalue weighted by atomic mass is 10.2. The molecular weight excluding hydrogens is 194 g/mol. The van der Waals surface area contributed by atoms with Crippen molar-refractivity contribution in [3.63, 3.8) is 0 Å². The fraction of sp³-hybridized carbons (Fsp3) is 0.909. The van der Waals surface area contributed by atoms with E-state index >= 15 is 0 Å². The average Bonchev–Trinajstić information content (AvgIpc) is 2.08. The standard InChI is InChI=1S/C11H23NO3/c1-9(6-7-14-5)12-8-10(13)15-11(2,3)4/h9,12H,6-8H2,1-5H3. The maximum absolute atomic E-state index is 11.3. The number of rotatable bonds is 6. The van der Waals surface area contributed by atoms with Gasteiger partial charge < -0.3 is 14.8 Å². The van der Waals surface area contributed by atoms with E-state index in [0.29, 0.717) is 6.61 Å². The zero-order valence-electron chi connectivity index (χ0n) is 10.4. The Hall–Kier alpha value is -0.610.